The Hall–Kier alpha value is -1.13. The van der Waals surface area contributed by atoms with Gasteiger partial charge in [0.1, 0.15) is 0 Å². The van der Waals surface area contributed by atoms with Gasteiger partial charge in [-0.05, 0) is 37.8 Å². The van der Waals surface area contributed by atoms with Crippen molar-refractivity contribution in [3.63, 3.8) is 0 Å². The summed E-state index contributed by atoms with van der Waals surface area (Å²) in [5, 5.41) is 3.66. The Balaban J connectivity index is 1.58. The molecular weight excluding hydrogens is 250 g/mol. The van der Waals surface area contributed by atoms with Gasteiger partial charge in [-0.1, -0.05) is 12.5 Å². The fraction of sp³-hybridized carbons (Fsp3) is 0.688. The van der Waals surface area contributed by atoms with E-state index in [1.807, 2.05) is 12.3 Å². The van der Waals surface area contributed by atoms with Crippen molar-refractivity contribution in [2.75, 3.05) is 20.2 Å². The molecule has 1 aromatic rings. The second-order valence-corrected chi connectivity index (χ2v) is 6.02. The van der Waals surface area contributed by atoms with Gasteiger partial charge in [-0.25, -0.2) is 4.98 Å². The van der Waals surface area contributed by atoms with Gasteiger partial charge in [0.05, 0.1) is 7.11 Å². The average molecular weight is 275 g/mol. The molecule has 2 aliphatic rings. The van der Waals surface area contributed by atoms with Crippen molar-refractivity contribution in [2.24, 2.45) is 0 Å². The van der Waals surface area contributed by atoms with Gasteiger partial charge in [0.2, 0.25) is 5.88 Å². The molecule has 1 aliphatic heterocycles. The fourth-order valence-corrected chi connectivity index (χ4v) is 3.01. The van der Waals surface area contributed by atoms with Crippen molar-refractivity contribution in [1.82, 2.24) is 15.2 Å². The number of ether oxygens (including phenoxy) is 1. The largest absolute Gasteiger partial charge is 0.481 e. The number of nitrogens with one attached hydrogen (secondary N) is 1. The van der Waals surface area contributed by atoms with Crippen molar-refractivity contribution in [1.29, 1.82) is 0 Å². The van der Waals surface area contributed by atoms with Gasteiger partial charge in [0.25, 0.3) is 0 Å². The predicted molar refractivity (Wildman–Crippen MR) is 79.9 cm³/mol. The summed E-state index contributed by atoms with van der Waals surface area (Å²) in [4.78, 5) is 6.94. The minimum atomic E-state index is 0.676. The molecule has 1 unspecified atom stereocenters. The molecular formula is C16H25N3O. The molecule has 0 bridgehead atoms. The Labute approximate surface area is 121 Å². The Morgan fingerprint density at radius 3 is 2.80 bits per heavy atom. The molecule has 0 radical (unpaired) electrons. The predicted octanol–water partition coefficient (Wildman–Crippen LogP) is 2.20. The van der Waals surface area contributed by atoms with E-state index >= 15 is 0 Å². The normalized spacial score (nSPS) is 23.0. The monoisotopic (exact) mass is 275 g/mol. The molecule has 110 valence electrons. The Morgan fingerprint density at radius 2 is 2.20 bits per heavy atom. The second kappa shape index (κ2) is 6.55. The van der Waals surface area contributed by atoms with Crippen molar-refractivity contribution in [3.8, 4) is 5.88 Å². The zero-order chi connectivity index (χ0) is 13.8. The molecule has 2 fully saturated rings. The number of pyridine rings is 1. The van der Waals surface area contributed by atoms with Crippen LogP contribution in [0.25, 0.3) is 0 Å². The van der Waals surface area contributed by atoms with Crippen LogP contribution in [0.15, 0.2) is 18.3 Å². The van der Waals surface area contributed by atoms with Crippen LogP contribution in [-0.2, 0) is 6.54 Å². The van der Waals surface area contributed by atoms with Gasteiger partial charge in [-0.3, -0.25) is 4.90 Å². The second-order valence-electron chi connectivity index (χ2n) is 6.02. The van der Waals surface area contributed by atoms with E-state index in [0.29, 0.717) is 11.9 Å². The lowest BCUT2D eigenvalue weighted by molar-refractivity contribution is 0.208. The zero-order valence-electron chi connectivity index (χ0n) is 12.3. The average Bonchev–Trinajstić information content (AvgIpc) is 3.33. The lowest BCUT2D eigenvalue weighted by atomic mass is 10.0. The van der Waals surface area contributed by atoms with Crippen LogP contribution >= 0.6 is 0 Å². The van der Waals surface area contributed by atoms with Crippen LogP contribution in [0.3, 0.4) is 0 Å². The molecule has 1 saturated heterocycles. The Bertz CT molecular complexity index is 410. The van der Waals surface area contributed by atoms with Gasteiger partial charge in [0.15, 0.2) is 0 Å². The number of hydrogen-bond acceptors (Lipinski definition) is 4. The standard InChI is InChI=1S/C16H25N3O/c1-20-16-8-5-13(10-18-16)11-19(15-6-7-15)12-14-4-2-3-9-17-14/h5,8,10,14-15,17H,2-4,6-7,9,11-12H2,1H3. The molecule has 1 atom stereocenters. The lowest BCUT2D eigenvalue weighted by Gasteiger charge is -2.30. The van der Waals surface area contributed by atoms with Crippen LogP contribution in [-0.4, -0.2) is 42.2 Å². The molecule has 3 rings (SSSR count). The van der Waals surface area contributed by atoms with E-state index in [9.17, 15) is 0 Å². The van der Waals surface area contributed by atoms with E-state index in [1.54, 1.807) is 7.11 Å². The molecule has 1 aliphatic carbocycles. The third-order valence-electron chi connectivity index (χ3n) is 4.32. The Kier molecular flexibility index (Phi) is 4.53. The van der Waals surface area contributed by atoms with Gasteiger partial charge in [0, 0.05) is 37.4 Å². The molecule has 4 heteroatoms. The van der Waals surface area contributed by atoms with E-state index in [0.717, 1.165) is 12.6 Å². The van der Waals surface area contributed by atoms with Crippen molar-refractivity contribution in [3.05, 3.63) is 23.9 Å². The smallest absolute Gasteiger partial charge is 0.212 e. The minimum Gasteiger partial charge on any atom is -0.481 e. The van der Waals surface area contributed by atoms with Crippen LogP contribution in [0.4, 0.5) is 0 Å². The highest BCUT2D eigenvalue weighted by molar-refractivity contribution is 5.18. The van der Waals surface area contributed by atoms with Crippen LogP contribution < -0.4 is 10.1 Å². The number of rotatable bonds is 6. The highest BCUT2D eigenvalue weighted by Crippen LogP contribution is 2.29. The molecule has 20 heavy (non-hydrogen) atoms. The van der Waals surface area contributed by atoms with E-state index in [-0.39, 0.29) is 0 Å². The summed E-state index contributed by atoms with van der Waals surface area (Å²) in [5.41, 5.74) is 1.29. The maximum Gasteiger partial charge on any atom is 0.212 e. The molecule has 1 aromatic heterocycles. The first-order chi connectivity index (χ1) is 9.85. The van der Waals surface area contributed by atoms with Crippen molar-refractivity contribution < 1.29 is 4.74 Å². The molecule has 2 heterocycles. The maximum absolute atomic E-state index is 5.12. The highest BCUT2D eigenvalue weighted by Gasteiger charge is 2.30. The third kappa shape index (κ3) is 3.70. The summed E-state index contributed by atoms with van der Waals surface area (Å²) in [6.07, 6.45) is 8.70. The van der Waals surface area contributed by atoms with E-state index in [4.69, 9.17) is 4.74 Å². The van der Waals surface area contributed by atoms with Crippen LogP contribution in [0.2, 0.25) is 0 Å². The van der Waals surface area contributed by atoms with Gasteiger partial charge in [-0.15, -0.1) is 0 Å². The third-order valence-corrected chi connectivity index (χ3v) is 4.32. The molecule has 1 N–H and O–H groups in total. The summed E-state index contributed by atoms with van der Waals surface area (Å²) >= 11 is 0. The fourth-order valence-electron chi connectivity index (χ4n) is 3.01. The van der Waals surface area contributed by atoms with E-state index in [2.05, 4.69) is 21.3 Å². The zero-order valence-corrected chi connectivity index (χ0v) is 12.3. The van der Waals surface area contributed by atoms with E-state index in [1.165, 1.54) is 50.8 Å². The molecule has 1 saturated carbocycles. The lowest BCUT2D eigenvalue weighted by Crippen LogP contribution is -2.44. The van der Waals surface area contributed by atoms with Crippen molar-refractivity contribution >= 4 is 0 Å². The van der Waals surface area contributed by atoms with Crippen LogP contribution in [0.5, 0.6) is 5.88 Å². The first-order valence-corrected chi connectivity index (χ1v) is 7.81. The first-order valence-electron chi connectivity index (χ1n) is 7.81. The first kappa shape index (κ1) is 13.8. The molecule has 4 nitrogen and oxygen atoms in total. The van der Waals surface area contributed by atoms with Gasteiger partial charge < -0.3 is 10.1 Å². The summed E-state index contributed by atoms with van der Waals surface area (Å²) < 4.78 is 5.12. The summed E-state index contributed by atoms with van der Waals surface area (Å²) in [5.74, 6) is 0.695. The SMILES string of the molecule is COc1ccc(CN(CC2CCCCN2)C2CC2)cn1. The minimum absolute atomic E-state index is 0.676. The molecule has 0 amide bonds. The molecule has 0 spiro atoms. The Morgan fingerprint density at radius 1 is 1.30 bits per heavy atom. The summed E-state index contributed by atoms with van der Waals surface area (Å²) in [6, 6.07) is 5.56. The summed E-state index contributed by atoms with van der Waals surface area (Å²) in [7, 11) is 1.66. The molecule has 0 aromatic carbocycles. The van der Waals surface area contributed by atoms with E-state index < -0.39 is 0 Å². The highest BCUT2D eigenvalue weighted by atomic mass is 16.5. The number of nitrogens with zero attached hydrogens (tertiary/aromatic N) is 2. The number of hydrogen-bond donors (Lipinski definition) is 1. The van der Waals surface area contributed by atoms with Gasteiger partial charge in [-0.2, -0.15) is 0 Å². The van der Waals surface area contributed by atoms with Crippen LogP contribution in [0, 0.1) is 0 Å². The number of piperidine rings is 1. The quantitative estimate of drug-likeness (QED) is 0.863. The number of methoxy groups -OCH3 is 1. The van der Waals surface area contributed by atoms with Crippen molar-refractivity contribution in [2.45, 2.75) is 50.7 Å². The maximum atomic E-state index is 5.12. The topological polar surface area (TPSA) is 37.4 Å². The van der Waals surface area contributed by atoms with Crippen LogP contribution in [0.1, 0.15) is 37.7 Å². The van der Waals surface area contributed by atoms with Gasteiger partial charge >= 0.3 is 0 Å². The number of aromatic nitrogens is 1. The summed E-state index contributed by atoms with van der Waals surface area (Å²) in [6.45, 7) is 3.38.